The highest BCUT2D eigenvalue weighted by molar-refractivity contribution is 5.98. The van der Waals surface area contributed by atoms with Crippen molar-refractivity contribution in [1.82, 2.24) is 4.98 Å². The number of nitrogens with one attached hydrogen (secondary N) is 1. The van der Waals surface area contributed by atoms with Crippen molar-refractivity contribution in [2.24, 2.45) is 0 Å². The molecule has 0 aliphatic heterocycles. The van der Waals surface area contributed by atoms with Gasteiger partial charge in [-0.25, -0.2) is 0 Å². The number of H-pyrrole nitrogens is 1. The molecule has 0 saturated carbocycles. The molecule has 3 aromatic rings. The largest absolute Gasteiger partial charge is 0.497 e. The Morgan fingerprint density at radius 3 is 2.64 bits per heavy atom. The first kappa shape index (κ1) is 14.1. The highest BCUT2D eigenvalue weighted by Gasteiger charge is 2.07. The molecule has 0 bridgehead atoms. The molecule has 22 heavy (non-hydrogen) atoms. The van der Waals surface area contributed by atoms with Gasteiger partial charge in [0.25, 0.3) is 0 Å². The van der Waals surface area contributed by atoms with Crippen molar-refractivity contribution >= 4 is 16.7 Å². The number of hydrogen-bond donors (Lipinski definition) is 1. The van der Waals surface area contributed by atoms with Gasteiger partial charge in [0.05, 0.1) is 7.11 Å². The molecule has 0 radical (unpaired) electrons. The number of benzene rings is 2. The standard InChI is InChI=1S/C18H15NO3/c1-11(20)12-6-7-16-15(9-12)18(21)10-17(19-16)13-4-3-5-14(8-13)22-2/h3-10H,1-2H3,(H,19,21). The number of methoxy groups -OCH3 is 1. The Balaban J connectivity index is 2.19. The molecule has 0 aliphatic carbocycles. The molecule has 0 saturated heterocycles. The van der Waals surface area contributed by atoms with E-state index in [1.807, 2.05) is 24.3 Å². The summed E-state index contributed by atoms with van der Waals surface area (Å²) in [6.45, 7) is 1.49. The van der Waals surface area contributed by atoms with Crippen molar-refractivity contribution in [2.45, 2.75) is 6.92 Å². The van der Waals surface area contributed by atoms with Crippen LogP contribution < -0.4 is 10.2 Å². The van der Waals surface area contributed by atoms with E-state index in [-0.39, 0.29) is 11.2 Å². The van der Waals surface area contributed by atoms with Crippen LogP contribution in [0.5, 0.6) is 5.75 Å². The molecule has 3 rings (SSSR count). The number of Topliss-reactive ketones (excluding diaryl/α,β-unsaturated/α-hetero) is 1. The predicted molar refractivity (Wildman–Crippen MR) is 86.6 cm³/mol. The molecule has 1 aromatic heterocycles. The number of rotatable bonds is 3. The topological polar surface area (TPSA) is 59.2 Å². The summed E-state index contributed by atoms with van der Waals surface area (Å²) in [5.41, 5.74) is 2.71. The van der Waals surface area contributed by atoms with E-state index in [1.54, 1.807) is 31.4 Å². The summed E-state index contributed by atoms with van der Waals surface area (Å²) < 4.78 is 5.21. The summed E-state index contributed by atoms with van der Waals surface area (Å²) in [5, 5.41) is 0.513. The second kappa shape index (κ2) is 5.48. The maximum Gasteiger partial charge on any atom is 0.190 e. The van der Waals surface area contributed by atoms with E-state index in [4.69, 9.17) is 4.74 Å². The number of ether oxygens (including phenoxy) is 1. The van der Waals surface area contributed by atoms with Gasteiger partial charge in [-0.2, -0.15) is 0 Å². The zero-order valence-corrected chi connectivity index (χ0v) is 12.3. The van der Waals surface area contributed by atoms with Crippen molar-refractivity contribution in [3.05, 3.63) is 64.3 Å². The van der Waals surface area contributed by atoms with Gasteiger partial charge in [-0.3, -0.25) is 9.59 Å². The van der Waals surface area contributed by atoms with Gasteiger partial charge in [-0.15, -0.1) is 0 Å². The minimum absolute atomic E-state index is 0.0572. The van der Waals surface area contributed by atoms with Gasteiger partial charge in [0.15, 0.2) is 11.2 Å². The smallest absolute Gasteiger partial charge is 0.190 e. The first-order valence-corrected chi connectivity index (χ1v) is 6.91. The number of hydrogen-bond acceptors (Lipinski definition) is 3. The lowest BCUT2D eigenvalue weighted by Gasteiger charge is -2.07. The van der Waals surface area contributed by atoms with E-state index < -0.39 is 0 Å². The first-order chi connectivity index (χ1) is 10.6. The SMILES string of the molecule is COc1cccc(-c2cc(=O)c3cc(C(C)=O)ccc3[nH]2)c1. The monoisotopic (exact) mass is 293 g/mol. The molecule has 1 heterocycles. The van der Waals surface area contributed by atoms with E-state index in [1.165, 1.54) is 6.92 Å². The lowest BCUT2D eigenvalue weighted by atomic mass is 10.1. The van der Waals surface area contributed by atoms with Crippen molar-refractivity contribution < 1.29 is 9.53 Å². The van der Waals surface area contributed by atoms with Crippen LogP contribution in [0.2, 0.25) is 0 Å². The fourth-order valence-electron chi connectivity index (χ4n) is 2.41. The van der Waals surface area contributed by atoms with Crippen LogP contribution in [0, 0.1) is 0 Å². The highest BCUT2D eigenvalue weighted by atomic mass is 16.5. The lowest BCUT2D eigenvalue weighted by Crippen LogP contribution is -2.04. The van der Waals surface area contributed by atoms with Crippen LogP contribution in [0.4, 0.5) is 0 Å². The highest BCUT2D eigenvalue weighted by Crippen LogP contribution is 2.23. The van der Waals surface area contributed by atoms with Gasteiger partial charge >= 0.3 is 0 Å². The minimum atomic E-state index is -0.116. The van der Waals surface area contributed by atoms with Crippen LogP contribution in [0.1, 0.15) is 17.3 Å². The average molecular weight is 293 g/mol. The second-order valence-electron chi connectivity index (χ2n) is 5.10. The zero-order chi connectivity index (χ0) is 15.7. The number of aromatic amines is 1. The van der Waals surface area contributed by atoms with E-state index in [0.29, 0.717) is 22.2 Å². The molecule has 2 aromatic carbocycles. The summed E-state index contributed by atoms with van der Waals surface area (Å²) in [6.07, 6.45) is 0. The van der Waals surface area contributed by atoms with Crippen LogP contribution in [-0.2, 0) is 0 Å². The Morgan fingerprint density at radius 1 is 1.09 bits per heavy atom. The molecule has 0 aliphatic rings. The quantitative estimate of drug-likeness (QED) is 0.753. The molecule has 0 atom stereocenters. The van der Waals surface area contributed by atoms with E-state index in [9.17, 15) is 9.59 Å². The van der Waals surface area contributed by atoms with Gasteiger partial charge in [0, 0.05) is 33.8 Å². The summed E-state index contributed by atoms with van der Waals surface area (Å²) in [4.78, 5) is 27.0. The summed E-state index contributed by atoms with van der Waals surface area (Å²) in [6, 6.07) is 14.1. The average Bonchev–Trinajstić information content (AvgIpc) is 2.54. The van der Waals surface area contributed by atoms with E-state index in [2.05, 4.69) is 4.98 Å². The number of ketones is 1. The third-order valence-corrected chi connectivity index (χ3v) is 3.62. The fourth-order valence-corrected chi connectivity index (χ4v) is 2.41. The number of fused-ring (bicyclic) bond motifs is 1. The van der Waals surface area contributed by atoms with Gasteiger partial charge in [-0.05, 0) is 37.3 Å². The molecular formula is C18H15NO3. The van der Waals surface area contributed by atoms with Crippen LogP contribution in [0.15, 0.2) is 53.3 Å². The molecular weight excluding hydrogens is 278 g/mol. The molecule has 1 N–H and O–H groups in total. The Labute approximate surface area is 127 Å². The molecule has 4 heteroatoms. The summed E-state index contributed by atoms with van der Waals surface area (Å²) in [5.74, 6) is 0.670. The second-order valence-corrected chi connectivity index (χ2v) is 5.10. The summed E-state index contributed by atoms with van der Waals surface area (Å²) >= 11 is 0. The maximum absolute atomic E-state index is 12.3. The molecule has 0 amide bonds. The Bertz CT molecular complexity index is 925. The van der Waals surface area contributed by atoms with Gasteiger partial charge in [0.1, 0.15) is 5.75 Å². The predicted octanol–water partition coefficient (Wildman–Crippen LogP) is 3.41. The van der Waals surface area contributed by atoms with Crippen LogP contribution in [0.25, 0.3) is 22.2 Å². The van der Waals surface area contributed by atoms with Crippen molar-refractivity contribution in [3.63, 3.8) is 0 Å². The maximum atomic E-state index is 12.3. The molecule has 0 unspecified atom stereocenters. The van der Waals surface area contributed by atoms with Gasteiger partial charge < -0.3 is 9.72 Å². The van der Waals surface area contributed by atoms with Crippen LogP contribution in [-0.4, -0.2) is 17.9 Å². The van der Waals surface area contributed by atoms with Crippen molar-refractivity contribution in [2.75, 3.05) is 7.11 Å². The van der Waals surface area contributed by atoms with Crippen molar-refractivity contribution in [3.8, 4) is 17.0 Å². The Hall–Kier alpha value is -2.88. The number of carbonyl (C=O) groups excluding carboxylic acids is 1. The Kier molecular flexibility index (Phi) is 3.51. The first-order valence-electron chi connectivity index (χ1n) is 6.91. The normalized spacial score (nSPS) is 10.6. The third-order valence-electron chi connectivity index (χ3n) is 3.62. The lowest BCUT2D eigenvalue weighted by molar-refractivity contribution is 0.101. The Morgan fingerprint density at radius 2 is 1.91 bits per heavy atom. The van der Waals surface area contributed by atoms with E-state index >= 15 is 0 Å². The zero-order valence-electron chi connectivity index (χ0n) is 12.3. The number of aromatic nitrogens is 1. The molecule has 0 spiro atoms. The van der Waals surface area contributed by atoms with Crippen molar-refractivity contribution in [1.29, 1.82) is 0 Å². The molecule has 0 fully saturated rings. The summed E-state index contributed by atoms with van der Waals surface area (Å²) in [7, 11) is 1.60. The molecule has 110 valence electrons. The fraction of sp³-hybridized carbons (Fsp3) is 0.111. The van der Waals surface area contributed by atoms with Crippen LogP contribution in [0.3, 0.4) is 0 Å². The minimum Gasteiger partial charge on any atom is -0.497 e. The van der Waals surface area contributed by atoms with Crippen LogP contribution >= 0.6 is 0 Å². The number of pyridine rings is 1. The van der Waals surface area contributed by atoms with Gasteiger partial charge in [-0.1, -0.05) is 12.1 Å². The molecule has 4 nitrogen and oxygen atoms in total. The van der Waals surface area contributed by atoms with Gasteiger partial charge in [0.2, 0.25) is 0 Å². The number of carbonyl (C=O) groups is 1. The third kappa shape index (κ3) is 2.51. The van der Waals surface area contributed by atoms with E-state index in [0.717, 1.165) is 11.3 Å².